The smallest absolute Gasteiger partial charge is 0.387 e. The summed E-state index contributed by atoms with van der Waals surface area (Å²) in [5, 5.41) is 20.4. The number of hydrogen-bond acceptors (Lipinski definition) is 9. The molecule has 0 spiro atoms. The lowest BCUT2D eigenvalue weighted by Gasteiger charge is -2.23. The highest BCUT2D eigenvalue weighted by Gasteiger charge is 2.47. The molecule has 3 unspecified atom stereocenters. The minimum atomic E-state index is -5.55. The number of phosphoric ester groups is 1. The van der Waals surface area contributed by atoms with Gasteiger partial charge >= 0.3 is 27.5 Å². The topological polar surface area (TPSA) is 207 Å². The number of benzene rings is 1. The first-order valence-corrected chi connectivity index (χ1v) is 13.4. The van der Waals surface area contributed by atoms with Crippen molar-refractivity contribution in [2.24, 2.45) is 0 Å². The zero-order chi connectivity index (χ0) is 29.6. The van der Waals surface area contributed by atoms with Crippen LogP contribution in [0.1, 0.15) is 17.4 Å². The molecule has 0 bridgehead atoms. The van der Waals surface area contributed by atoms with Crippen LogP contribution >= 0.6 is 15.6 Å². The number of nitrogens with zero attached hydrogens (tertiary/aromatic N) is 2. The quantitative estimate of drug-likeness (QED) is 0.196. The Balaban J connectivity index is 2.00. The molecule has 0 radical (unpaired) electrons. The Hall–Kier alpha value is -2.31. The number of ether oxygens (including phenoxy) is 1. The van der Waals surface area contributed by atoms with Crippen molar-refractivity contribution in [2.45, 2.75) is 43.2 Å². The van der Waals surface area contributed by atoms with Crippen molar-refractivity contribution >= 4 is 15.6 Å². The normalized spacial score (nSPS) is 24.1. The Morgan fingerprint density at radius 3 is 2.10 bits per heavy atom. The van der Waals surface area contributed by atoms with Crippen molar-refractivity contribution in [3.63, 3.8) is 0 Å². The van der Waals surface area contributed by atoms with Gasteiger partial charge in [-0.3, -0.25) is 18.5 Å². The van der Waals surface area contributed by atoms with E-state index in [9.17, 15) is 55.8 Å². The molecule has 21 heteroatoms. The average Bonchev–Trinajstić information content (AvgIpc) is 3.07. The van der Waals surface area contributed by atoms with Gasteiger partial charge in [0.1, 0.15) is 23.9 Å². The van der Waals surface area contributed by atoms with E-state index in [1.165, 1.54) is 18.2 Å². The third-order valence-corrected chi connectivity index (χ3v) is 7.43. The van der Waals surface area contributed by atoms with Crippen LogP contribution in [-0.4, -0.2) is 58.9 Å². The molecule has 1 saturated heterocycles. The zero-order valence-electron chi connectivity index (χ0n) is 19.0. The Morgan fingerprint density at radius 2 is 1.56 bits per heavy atom. The van der Waals surface area contributed by atoms with Crippen LogP contribution in [-0.2, 0) is 41.3 Å². The van der Waals surface area contributed by atoms with E-state index < -0.39 is 92.4 Å². The van der Waals surface area contributed by atoms with Crippen LogP contribution in [0.2, 0.25) is 0 Å². The van der Waals surface area contributed by atoms with Gasteiger partial charge in [0.25, 0.3) is 11.5 Å². The van der Waals surface area contributed by atoms with Crippen LogP contribution in [0.3, 0.4) is 0 Å². The van der Waals surface area contributed by atoms with Crippen molar-refractivity contribution < 1.29 is 69.5 Å². The predicted molar refractivity (Wildman–Crippen MR) is 115 cm³/mol. The molecule has 3 rings (SSSR count). The molecule has 0 saturated carbocycles. The second-order valence-corrected chi connectivity index (χ2v) is 10.9. The molecule has 218 valence electrons. The van der Waals surface area contributed by atoms with Gasteiger partial charge in [0.05, 0.1) is 13.2 Å². The van der Waals surface area contributed by atoms with Gasteiger partial charge in [-0.15, -0.1) is 0 Å². The van der Waals surface area contributed by atoms with Crippen molar-refractivity contribution in [2.75, 3.05) is 6.61 Å². The number of phosphoric acid groups is 2. The molecular weight excluding hydrogens is 593 g/mol. The van der Waals surface area contributed by atoms with Crippen LogP contribution in [0, 0.1) is 0 Å². The standard InChI is InChI=1S/C18H19F5N2O12P2/c19-17(20,9-4-2-1-3-5-9)8-25-14(28)10(18(21,22)23)6-24(16(25)29)15-13(27)12(26)11(36-15)7-35-39(33,34)37-38(30,31)32/h1-6,11-13,15,26-27H,7-8H2,(H,33,34)(H2,30,31,32)/t11-,12?,13?,15-/m1/s1. The minimum Gasteiger partial charge on any atom is -0.387 e. The minimum absolute atomic E-state index is 0.0795. The van der Waals surface area contributed by atoms with E-state index in [2.05, 4.69) is 8.83 Å². The first-order chi connectivity index (χ1) is 17.7. The molecular formula is C18H19F5N2O12P2. The van der Waals surface area contributed by atoms with E-state index >= 15 is 0 Å². The molecule has 39 heavy (non-hydrogen) atoms. The molecule has 14 nitrogen and oxygen atoms in total. The van der Waals surface area contributed by atoms with Crippen molar-refractivity contribution in [3.05, 3.63) is 68.5 Å². The van der Waals surface area contributed by atoms with Gasteiger partial charge < -0.3 is 29.6 Å². The van der Waals surface area contributed by atoms with E-state index in [0.717, 1.165) is 12.1 Å². The molecule has 5 atom stereocenters. The summed E-state index contributed by atoms with van der Waals surface area (Å²) in [6.07, 6.45) is -14.3. The van der Waals surface area contributed by atoms with Gasteiger partial charge in [0, 0.05) is 11.8 Å². The Labute approximate surface area is 213 Å². The van der Waals surface area contributed by atoms with Gasteiger partial charge in [-0.1, -0.05) is 30.3 Å². The first kappa shape index (κ1) is 31.2. The Kier molecular flexibility index (Phi) is 8.75. The Bertz CT molecular complexity index is 1410. The van der Waals surface area contributed by atoms with Gasteiger partial charge in [-0.05, 0) is 0 Å². The number of aromatic nitrogens is 2. The molecule has 0 amide bonds. The molecule has 1 aliphatic rings. The van der Waals surface area contributed by atoms with E-state index in [4.69, 9.17) is 14.5 Å². The monoisotopic (exact) mass is 612 g/mol. The van der Waals surface area contributed by atoms with Gasteiger partial charge in [0.2, 0.25) is 0 Å². The lowest BCUT2D eigenvalue weighted by molar-refractivity contribution is -0.140. The van der Waals surface area contributed by atoms with Gasteiger partial charge in [-0.25, -0.2) is 13.9 Å². The van der Waals surface area contributed by atoms with E-state index in [1.807, 2.05) is 0 Å². The van der Waals surface area contributed by atoms with Crippen molar-refractivity contribution in [1.82, 2.24) is 9.13 Å². The molecule has 2 aromatic rings. The lowest BCUT2D eigenvalue weighted by atomic mass is 10.1. The highest BCUT2D eigenvalue weighted by molar-refractivity contribution is 7.60. The zero-order valence-corrected chi connectivity index (χ0v) is 20.7. The van der Waals surface area contributed by atoms with Crippen molar-refractivity contribution in [1.29, 1.82) is 0 Å². The van der Waals surface area contributed by atoms with Gasteiger partial charge in [0.15, 0.2) is 6.23 Å². The van der Waals surface area contributed by atoms with E-state index in [0.29, 0.717) is 0 Å². The first-order valence-electron chi connectivity index (χ1n) is 10.4. The van der Waals surface area contributed by atoms with E-state index in [1.54, 1.807) is 0 Å². The largest absolute Gasteiger partial charge is 0.481 e. The fourth-order valence-corrected chi connectivity index (χ4v) is 5.13. The maximum absolute atomic E-state index is 14.8. The number of halogens is 5. The van der Waals surface area contributed by atoms with Crippen LogP contribution < -0.4 is 11.2 Å². The number of hydrogen-bond donors (Lipinski definition) is 5. The van der Waals surface area contributed by atoms with Crippen molar-refractivity contribution in [3.8, 4) is 0 Å². The maximum atomic E-state index is 14.8. The highest BCUT2D eigenvalue weighted by Crippen LogP contribution is 2.57. The summed E-state index contributed by atoms with van der Waals surface area (Å²) in [6, 6.07) is 5.52. The molecule has 1 aromatic carbocycles. The molecule has 2 heterocycles. The van der Waals surface area contributed by atoms with Gasteiger partial charge in [-0.2, -0.15) is 26.3 Å². The average molecular weight is 612 g/mol. The van der Waals surface area contributed by atoms with Crippen LogP contribution in [0.15, 0.2) is 46.1 Å². The fourth-order valence-electron chi connectivity index (χ4n) is 3.53. The number of rotatable bonds is 9. The number of aliphatic hydroxyl groups excluding tert-OH is 2. The molecule has 1 aliphatic heterocycles. The summed E-state index contributed by atoms with van der Waals surface area (Å²) in [4.78, 5) is 51.9. The summed E-state index contributed by atoms with van der Waals surface area (Å²) >= 11 is 0. The summed E-state index contributed by atoms with van der Waals surface area (Å²) in [5.41, 5.74) is -6.79. The summed E-state index contributed by atoms with van der Waals surface area (Å²) in [5.74, 6) is -4.03. The van der Waals surface area contributed by atoms with E-state index in [-0.39, 0.29) is 10.8 Å². The lowest BCUT2D eigenvalue weighted by Crippen LogP contribution is -2.48. The number of aliphatic hydroxyl groups is 2. The summed E-state index contributed by atoms with van der Waals surface area (Å²) in [6.45, 7) is -3.13. The SMILES string of the molecule is O=c1c(C(F)(F)F)cn([C@@H]2O[C@H](COP(=O)(O)OP(=O)(O)O)C(O)C2O)c(=O)n1CC(F)(F)c1ccccc1. The third kappa shape index (κ3) is 7.26. The number of alkyl halides is 5. The highest BCUT2D eigenvalue weighted by atomic mass is 31.3. The molecule has 5 N–H and O–H groups in total. The fraction of sp³-hybridized carbons (Fsp3) is 0.444. The third-order valence-electron chi connectivity index (χ3n) is 5.28. The van der Waals surface area contributed by atoms with Crippen LogP contribution in [0.4, 0.5) is 22.0 Å². The molecule has 1 fully saturated rings. The molecule has 0 aliphatic carbocycles. The second-order valence-electron chi connectivity index (χ2n) is 8.07. The van der Waals surface area contributed by atoms with Crippen LogP contribution in [0.5, 0.6) is 0 Å². The summed E-state index contributed by atoms with van der Waals surface area (Å²) < 4.78 is 105. The molecule has 1 aromatic heterocycles. The van der Waals surface area contributed by atoms with Crippen LogP contribution in [0.25, 0.3) is 0 Å². The predicted octanol–water partition coefficient (Wildman–Crippen LogP) is 0.666. The summed E-state index contributed by atoms with van der Waals surface area (Å²) in [7, 11) is -11.0. The second kappa shape index (κ2) is 10.9. The Morgan fingerprint density at radius 1 is 0.974 bits per heavy atom. The maximum Gasteiger partial charge on any atom is 0.481 e.